The fraction of sp³-hybridized carbons (Fsp3) is 0.727. The van der Waals surface area contributed by atoms with E-state index in [0.717, 1.165) is 68.3 Å². The average molecular weight is 583 g/mol. The molecule has 7 nitrogen and oxygen atoms in total. The maximum Gasteiger partial charge on any atom is 0.407 e. The number of amides is 1. The highest BCUT2D eigenvalue weighted by Crippen LogP contribution is 2.67. The Morgan fingerprint density at radius 3 is 2.66 bits per heavy atom. The second-order valence-corrected chi connectivity index (χ2v) is 16.1. The molecule has 224 valence electrons. The Bertz CT molecular complexity index is 1230. The minimum absolute atomic E-state index is 0.0713. The molecule has 7 aliphatic rings. The van der Waals surface area contributed by atoms with Crippen molar-refractivity contribution in [2.75, 3.05) is 38.2 Å². The molecule has 1 spiro atoms. The molecular formula is C33H46N2O5S. The molecule has 2 unspecified atom stereocenters. The second kappa shape index (κ2) is 9.81. The topological polar surface area (TPSA) is 82.5 Å². The summed E-state index contributed by atoms with van der Waals surface area (Å²) in [6, 6.07) is 4.20. The number of carbonyl (C=O) groups is 1. The summed E-state index contributed by atoms with van der Waals surface area (Å²) in [4.78, 5) is 17.0. The third-order valence-electron chi connectivity index (χ3n) is 11.4. The molecule has 4 fully saturated rings. The molecular weight excluding hydrogens is 536 g/mol. The van der Waals surface area contributed by atoms with E-state index in [9.17, 15) is 15.0 Å². The summed E-state index contributed by atoms with van der Waals surface area (Å²) in [5.74, 6) is 4.14. The molecule has 0 aromatic heterocycles. The van der Waals surface area contributed by atoms with E-state index in [0.29, 0.717) is 29.7 Å². The van der Waals surface area contributed by atoms with Gasteiger partial charge in [-0.15, -0.1) is 0 Å². The predicted molar refractivity (Wildman–Crippen MR) is 161 cm³/mol. The van der Waals surface area contributed by atoms with E-state index in [1.807, 2.05) is 28.8 Å². The number of rotatable bonds is 8. The second-order valence-electron chi connectivity index (χ2n) is 14.9. The molecule has 1 aromatic rings. The summed E-state index contributed by atoms with van der Waals surface area (Å²) in [6.45, 7) is 8.25. The number of ether oxygens (including phenoxy) is 2. The van der Waals surface area contributed by atoms with Crippen LogP contribution in [0.1, 0.15) is 76.3 Å². The number of thioether (sulfide) groups is 1. The maximum absolute atomic E-state index is 12.6. The lowest BCUT2D eigenvalue weighted by Gasteiger charge is -2.67. The number of benzene rings is 1. The molecule has 1 aromatic carbocycles. The van der Waals surface area contributed by atoms with Gasteiger partial charge in [-0.25, -0.2) is 4.79 Å². The van der Waals surface area contributed by atoms with E-state index >= 15 is 0 Å². The van der Waals surface area contributed by atoms with Crippen molar-refractivity contribution in [1.82, 2.24) is 9.80 Å². The van der Waals surface area contributed by atoms with Crippen LogP contribution in [0.3, 0.4) is 0 Å². The monoisotopic (exact) mass is 582 g/mol. The van der Waals surface area contributed by atoms with Gasteiger partial charge in [0, 0.05) is 48.7 Å². The van der Waals surface area contributed by atoms with Gasteiger partial charge in [-0.2, -0.15) is 11.8 Å². The quantitative estimate of drug-likeness (QED) is 0.301. The number of carboxylic acid groups (broad SMARTS) is 1. The summed E-state index contributed by atoms with van der Waals surface area (Å²) in [7, 11) is 1.69. The van der Waals surface area contributed by atoms with Crippen LogP contribution in [0.2, 0.25) is 0 Å². The zero-order chi connectivity index (χ0) is 28.6. The summed E-state index contributed by atoms with van der Waals surface area (Å²) in [5, 5.41) is 20.7. The van der Waals surface area contributed by atoms with Gasteiger partial charge in [0.2, 0.25) is 0 Å². The number of hydrogen-bond acceptors (Lipinski definition) is 6. The van der Waals surface area contributed by atoms with Gasteiger partial charge >= 0.3 is 6.09 Å². The zero-order valence-corrected chi connectivity index (χ0v) is 25.7. The molecule has 0 saturated heterocycles. The van der Waals surface area contributed by atoms with Gasteiger partial charge in [-0.1, -0.05) is 32.1 Å². The molecule has 5 aliphatic carbocycles. The number of methoxy groups -OCH3 is 1. The van der Waals surface area contributed by atoms with E-state index in [1.54, 1.807) is 7.11 Å². The number of nitrogens with zero attached hydrogens (tertiary/aromatic N) is 2. The first-order chi connectivity index (χ1) is 19.6. The lowest BCUT2D eigenvalue weighted by atomic mass is 9.42. The van der Waals surface area contributed by atoms with Crippen molar-refractivity contribution in [2.45, 2.75) is 94.9 Å². The van der Waals surface area contributed by atoms with Crippen molar-refractivity contribution in [3.05, 3.63) is 35.4 Å². The minimum Gasteiger partial charge on any atom is -0.493 e. The Hall–Kier alpha value is -1.90. The highest BCUT2D eigenvalue weighted by molar-refractivity contribution is 7.99. The van der Waals surface area contributed by atoms with Crippen LogP contribution in [0.25, 0.3) is 0 Å². The molecule has 4 saturated carbocycles. The van der Waals surface area contributed by atoms with Gasteiger partial charge in [0.05, 0.1) is 18.6 Å². The third kappa shape index (κ3) is 4.58. The molecule has 1 amide bonds. The first kappa shape index (κ1) is 27.9. The normalized spacial score (nSPS) is 40.0. The van der Waals surface area contributed by atoms with Crippen LogP contribution in [0.4, 0.5) is 4.79 Å². The fourth-order valence-corrected chi connectivity index (χ4v) is 11.8. The van der Waals surface area contributed by atoms with Crippen LogP contribution >= 0.6 is 11.8 Å². The fourth-order valence-electron chi connectivity index (χ4n) is 10.9. The van der Waals surface area contributed by atoms with Gasteiger partial charge < -0.3 is 24.6 Å². The molecule has 2 aliphatic heterocycles. The summed E-state index contributed by atoms with van der Waals surface area (Å²) in [5.41, 5.74) is 2.76. The highest BCUT2D eigenvalue weighted by Gasteiger charge is 2.62. The van der Waals surface area contributed by atoms with Gasteiger partial charge in [0.25, 0.3) is 0 Å². The molecule has 4 bridgehead atoms. The Labute approximate surface area is 248 Å². The van der Waals surface area contributed by atoms with E-state index in [-0.39, 0.29) is 17.1 Å². The summed E-state index contributed by atoms with van der Waals surface area (Å²) < 4.78 is 12.1. The van der Waals surface area contributed by atoms with E-state index < -0.39 is 12.2 Å². The van der Waals surface area contributed by atoms with Crippen molar-refractivity contribution < 1.29 is 24.5 Å². The van der Waals surface area contributed by atoms with Gasteiger partial charge in [0.1, 0.15) is 6.10 Å². The van der Waals surface area contributed by atoms with E-state index in [1.165, 1.54) is 30.4 Å². The summed E-state index contributed by atoms with van der Waals surface area (Å²) in [6.07, 6.45) is 11.4. The van der Waals surface area contributed by atoms with Gasteiger partial charge in [-0.3, -0.25) is 4.90 Å². The van der Waals surface area contributed by atoms with Crippen LogP contribution in [0.5, 0.6) is 11.5 Å². The van der Waals surface area contributed by atoms with Crippen molar-refractivity contribution in [1.29, 1.82) is 0 Å². The van der Waals surface area contributed by atoms with Crippen LogP contribution < -0.4 is 9.47 Å². The van der Waals surface area contributed by atoms with Gasteiger partial charge in [-0.05, 0) is 79.9 Å². The molecule has 7 atom stereocenters. The van der Waals surface area contributed by atoms with Gasteiger partial charge in [0.15, 0.2) is 11.5 Å². The Morgan fingerprint density at radius 2 is 1.95 bits per heavy atom. The van der Waals surface area contributed by atoms with E-state index in [2.05, 4.69) is 30.9 Å². The van der Waals surface area contributed by atoms with Crippen molar-refractivity contribution in [3.8, 4) is 11.5 Å². The summed E-state index contributed by atoms with van der Waals surface area (Å²) >= 11 is 1.89. The van der Waals surface area contributed by atoms with Crippen LogP contribution in [0.15, 0.2) is 24.3 Å². The molecule has 0 radical (unpaired) electrons. The SMILES string of the molecule is COc1ccc2c3c1O[C@H]1C[C@@H](O)C=C[C@@]31CCN(CCSCCN(C(=O)O)C13CC4C[C@@](C)(C1)C[C@](C)(C4)C3)C2. The Kier molecular flexibility index (Phi) is 6.68. The lowest BCUT2D eigenvalue weighted by molar-refractivity contribution is -0.151. The van der Waals surface area contributed by atoms with Crippen LogP contribution in [0, 0.1) is 16.7 Å². The Balaban J connectivity index is 0.996. The highest BCUT2D eigenvalue weighted by atomic mass is 32.2. The van der Waals surface area contributed by atoms with Crippen LogP contribution in [-0.2, 0) is 12.0 Å². The van der Waals surface area contributed by atoms with Crippen molar-refractivity contribution in [3.63, 3.8) is 0 Å². The molecule has 2 heterocycles. The van der Waals surface area contributed by atoms with Crippen LogP contribution in [-0.4, -0.2) is 82.1 Å². The average Bonchev–Trinajstić information content (AvgIpc) is 3.12. The minimum atomic E-state index is -0.725. The smallest absolute Gasteiger partial charge is 0.407 e. The Morgan fingerprint density at radius 1 is 1.17 bits per heavy atom. The third-order valence-corrected chi connectivity index (χ3v) is 12.4. The maximum atomic E-state index is 12.6. The zero-order valence-electron chi connectivity index (χ0n) is 24.9. The van der Waals surface area contributed by atoms with Crippen molar-refractivity contribution >= 4 is 17.9 Å². The first-order valence-electron chi connectivity index (χ1n) is 15.6. The molecule has 41 heavy (non-hydrogen) atoms. The standard InChI is InChI=1S/C33H46N2O5S/c1-30-15-22-16-31(2,19-30)21-32(17-22,20-30)35(29(37)38)11-13-41-12-10-34-9-8-33-7-6-24(36)14-26(33)40-28-25(39-3)5-4-23(18-34)27(28)33/h4-7,22,24,26,36H,8-21H2,1-3H3,(H,37,38)/t22?,24-,26-,30-,31+,32?,33-/m0/s1. The number of aliphatic hydroxyl groups excluding tert-OH is 1. The first-order valence-corrected chi connectivity index (χ1v) is 16.8. The molecule has 2 N–H and O–H groups in total. The lowest BCUT2D eigenvalue weighted by Crippen LogP contribution is -2.66. The number of hydrogen-bond donors (Lipinski definition) is 2. The largest absolute Gasteiger partial charge is 0.493 e. The van der Waals surface area contributed by atoms with Crippen molar-refractivity contribution in [2.24, 2.45) is 16.7 Å². The predicted octanol–water partition coefficient (Wildman–Crippen LogP) is 5.68. The molecule has 8 rings (SSSR count). The number of aliphatic hydroxyl groups is 1. The van der Waals surface area contributed by atoms with E-state index in [4.69, 9.17) is 9.47 Å². The molecule has 8 heteroatoms.